The van der Waals surface area contributed by atoms with Crippen molar-refractivity contribution in [3.8, 4) is 22.5 Å². The molecule has 0 fully saturated rings. The van der Waals surface area contributed by atoms with Crippen LogP contribution >= 0.6 is 15.9 Å². The minimum absolute atomic E-state index is 0.233. The van der Waals surface area contributed by atoms with Crippen LogP contribution in [0.25, 0.3) is 22.5 Å². The zero-order valence-corrected chi connectivity index (χ0v) is 13.9. The van der Waals surface area contributed by atoms with E-state index in [0.29, 0.717) is 15.7 Å². The number of nitrogens with one attached hydrogen (secondary N) is 1. The average Bonchev–Trinajstić information content (AvgIpc) is 2.92. The van der Waals surface area contributed by atoms with Crippen molar-refractivity contribution >= 4 is 15.9 Å². The third-order valence-corrected chi connectivity index (χ3v) is 4.12. The zero-order chi connectivity index (χ0) is 16.4. The highest BCUT2D eigenvalue weighted by atomic mass is 79.9. The van der Waals surface area contributed by atoms with Crippen molar-refractivity contribution in [1.29, 1.82) is 0 Å². The maximum absolute atomic E-state index is 14.3. The monoisotopic (exact) mass is 379 g/mol. The largest absolute Gasteiger partial charge is 0.325 e. The molecule has 6 heteroatoms. The summed E-state index contributed by atoms with van der Waals surface area (Å²) < 4.78 is 34.9. The van der Waals surface area contributed by atoms with Crippen LogP contribution in [0.15, 0.2) is 53.0 Å². The van der Waals surface area contributed by atoms with Crippen LogP contribution < -0.4 is 4.68 Å². The molecule has 0 aliphatic rings. The predicted octanol–water partition coefficient (Wildman–Crippen LogP) is 4.28. The minimum atomic E-state index is -0.339. The summed E-state index contributed by atoms with van der Waals surface area (Å²) in [6, 6.07) is 12.7. The van der Waals surface area contributed by atoms with Gasteiger partial charge in [-0.3, -0.25) is 0 Å². The number of benzene rings is 2. The number of halogens is 3. The normalized spacial score (nSPS) is 11.0. The highest BCUT2D eigenvalue weighted by Crippen LogP contribution is 2.31. The van der Waals surface area contributed by atoms with E-state index in [4.69, 9.17) is 4.74 Å². The number of methoxy groups -OCH3 is 1. The average molecular weight is 380 g/mol. The molecule has 0 unspecified atom stereocenters. The van der Waals surface area contributed by atoms with Crippen molar-refractivity contribution in [2.45, 2.75) is 6.73 Å². The number of hydrogen-bond acceptors (Lipinski definition) is 1. The molecule has 3 aromatic rings. The predicted molar refractivity (Wildman–Crippen MR) is 86.5 cm³/mol. The molecule has 0 amide bonds. The van der Waals surface area contributed by atoms with Crippen molar-refractivity contribution in [2.75, 3.05) is 7.11 Å². The van der Waals surface area contributed by atoms with E-state index < -0.39 is 0 Å². The first-order valence-electron chi connectivity index (χ1n) is 6.92. The quantitative estimate of drug-likeness (QED) is 0.673. The van der Waals surface area contributed by atoms with Crippen LogP contribution in [0, 0.1) is 11.6 Å². The van der Waals surface area contributed by atoms with Gasteiger partial charge in [0.1, 0.15) is 17.3 Å². The lowest BCUT2D eigenvalue weighted by molar-refractivity contribution is -0.770. The molecule has 1 heterocycles. The van der Waals surface area contributed by atoms with Gasteiger partial charge in [-0.1, -0.05) is 10.7 Å². The molecule has 0 aliphatic carbocycles. The van der Waals surface area contributed by atoms with Gasteiger partial charge < -0.3 is 4.74 Å². The number of rotatable bonds is 4. The Morgan fingerprint density at radius 3 is 2.52 bits per heavy atom. The summed E-state index contributed by atoms with van der Waals surface area (Å²) in [5, 5.41) is 3.15. The van der Waals surface area contributed by atoms with Gasteiger partial charge in [-0.05, 0) is 52.3 Å². The molecular weight excluding hydrogens is 366 g/mol. The van der Waals surface area contributed by atoms with Gasteiger partial charge in [0.05, 0.1) is 5.56 Å². The first-order valence-corrected chi connectivity index (χ1v) is 7.71. The standard InChI is InChI=1S/C17H13BrF2N2O/c1-23-10-22-16(17-13(18)3-2-4-14(17)20)9-15(21-22)11-5-7-12(19)8-6-11/h2-9H,10H2,1H3/p+1. The van der Waals surface area contributed by atoms with Crippen LogP contribution in [0.3, 0.4) is 0 Å². The third kappa shape index (κ3) is 3.18. The van der Waals surface area contributed by atoms with Crippen LogP contribution in [0.5, 0.6) is 0 Å². The summed E-state index contributed by atoms with van der Waals surface area (Å²) in [4.78, 5) is 0. The summed E-state index contributed by atoms with van der Waals surface area (Å²) in [5.74, 6) is -0.643. The van der Waals surface area contributed by atoms with E-state index >= 15 is 0 Å². The molecule has 1 N–H and O–H groups in total. The van der Waals surface area contributed by atoms with Gasteiger partial charge in [0.15, 0.2) is 0 Å². The Balaban J connectivity index is 2.15. The Labute approximate surface area is 140 Å². The first-order chi connectivity index (χ1) is 11.1. The van der Waals surface area contributed by atoms with E-state index in [1.807, 2.05) is 6.07 Å². The molecule has 0 saturated heterocycles. The van der Waals surface area contributed by atoms with Gasteiger partial charge >= 0.3 is 0 Å². The van der Waals surface area contributed by atoms with E-state index in [9.17, 15) is 8.78 Å². The molecule has 0 aliphatic heterocycles. The Kier molecular flexibility index (Phi) is 4.54. The van der Waals surface area contributed by atoms with Crippen LogP contribution in [0.1, 0.15) is 0 Å². The van der Waals surface area contributed by atoms with Crippen LogP contribution in [0.2, 0.25) is 0 Å². The van der Waals surface area contributed by atoms with E-state index in [1.165, 1.54) is 18.2 Å². The van der Waals surface area contributed by atoms with Gasteiger partial charge in [0, 0.05) is 23.2 Å². The molecule has 0 bridgehead atoms. The summed E-state index contributed by atoms with van der Waals surface area (Å²) in [5.41, 5.74) is 2.62. The number of aromatic amines is 1. The Bertz CT molecular complexity index is 811. The van der Waals surface area contributed by atoms with Crippen LogP contribution in [0.4, 0.5) is 8.78 Å². The van der Waals surface area contributed by atoms with Crippen molar-refractivity contribution in [3.05, 3.63) is 64.6 Å². The summed E-state index contributed by atoms with van der Waals surface area (Å²) in [6.07, 6.45) is 0. The Morgan fingerprint density at radius 1 is 1.13 bits per heavy atom. The van der Waals surface area contributed by atoms with Crippen molar-refractivity contribution in [1.82, 2.24) is 5.10 Å². The molecule has 3 nitrogen and oxygen atoms in total. The van der Waals surface area contributed by atoms with Gasteiger partial charge in [-0.15, -0.1) is 0 Å². The molecule has 0 saturated carbocycles. The topological polar surface area (TPSA) is 28.9 Å². The third-order valence-electron chi connectivity index (χ3n) is 3.46. The number of aromatic nitrogens is 2. The first kappa shape index (κ1) is 15.8. The summed E-state index contributed by atoms with van der Waals surface area (Å²) in [6.45, 7) is 0.233. The molecule has 0 atom stereocenters. The van der Waals surface area contributed by atoms with Crippen LogP contribution in [-0.2, 0) is 11.5 Å². The fraction of sp³-hybridized carbons (Fsp3) is 0.118. The van der Waals surface area contributed by atoms with E-state index in [0.717, 1.165) is 11.3 Å². The fourth-order valence-corrected chi connectivity index (χ4v) is 2.96. The fourth-order valence-electron chi connectivity index (χ4n) is 2.41. The highest BCUT2D eigenvalue weighted by Gasteiger charge is 2.24. The Hall–Kier alpha value is -2.05. The lowest BCUT2D eigenvalue weighted by atomic mass is 10.1. The van der Waals surface area contributed by atoms with E-state index in [1.54, 1.807) is 36.1 Å². The number of ether oxygens (including phenoxy) is 1. The molecule has 2 aromatic carbocycles. The van der Waals surface area contributed by atoms with E-state index in [2.05, 4.69) is 21.0 Å². The number of nitrogens with zero attached hydrogens (tertiary/aromatic N) is 1. The molecule has 23 heavy (non-hydrogen) atoms. The highest BCUT2D eigenvalue weighted by molar-refractivity contribution is 9.10. The summed E-state index contributed by atoms with van der Waals surface area (Å²) in [7, 11) is 1.56. The lowest BCUT2D eigenvalue weighted by Crippen LogP contribution is -2.38. The summed E-state index contributed by atoms with van der Waals surface area (Å²) >= 11 is 3.39. The maximum atomic E-state index is 14.3. The SMILES string of the molecule is COC[n+]1[nH]c(-c2ccc(F)cc2)cc1-c1c(F)cccc1Br. The molecular formula is C17H14BrF2N2O+. The smallest absolute Gasteiger partial charge is 0.276 e. The van der Waals surface area contributed by atoms with Crippen molar-refractivity contribution in [2.24, 2.45) is 0 Å². The minimum Gasteiger partial charge on any atom is -0.325 e. The van der Waals surface area contributed by atoms with Crippen molar-refractivity contribution < 1.29 is 18.2 Å². The lowest BCUT2D eigenvalue weighted by Gasteiger charge is -2.01. The number of H-pyrrole nitrogens is 1. The second kappa shape index (κ2) is 6.60. The molecule has 1 aromatic heterocycles. The zero-order valence-electron chi connectivity index (χ0n) is 12.3. The maximum Gasteiger partial charge on any atom is 0.276 e. The Morgan fingerprint density at radius 2 is 1.87 bits per heavy atom. The van der Waals surface area contributed by atoms with Gasteiger partial charge in [-0.2, -0.15) is 5.10 Å². The van der Waals surface area contributed by atoms with Gasteiger partial charge in [0.2, 0.25) is 5.69 Å². The van der Waals surface area contributed by atoms with Gasteiger partial charge in [-0.25, -0.2) is 8.78 Å². The second-order valence-corrected chi connectivity index (χ2v) is 5.86. The van der Waals surface area contributed by atoms with Crippen LogP contribution in [-0.4, -0.2) is 12.2 Å². The van der Waals surface area contributed by atoms with E-state index in [-0.39, 0.29) is 18.4 Å². The second-order valence-electron chi connectivity index (χ2n) is 5.00. The molecule has 3 rings (SSSR count). The molecule has 0 radical (unpaired) electrons. The number of hydrogen-bond donors (Lipinski definition) is 1. The molecule has 118 valence electrons. The molecule has 0 spiro atoms. The van der Waals surface area contributed by atoms with Gasteiger partial charge in [0.25, 0.3) is 6.73 Å². The van der Waals surface area contributed by atoms with Crippen molar-refractivity contribution in [3.63, 3.8) is 0 Å².